The minimum atomic E-state index is -0.433. The Morgan fingerprint density at radius 3 is 2.37 bits per heavy atom. The van der Waals surface area contributed by atoms with Gasteiger partial charge in [-0.25, -0.2) is 4.90 Å². The van der Waals surface area contributed by atoms with Gasteiger partial charge in [-0.2, -0.15) is 0 Å². The average Bonchev–Trinajstić information content (AvgIpc) is 3.13. The smallest absolute Gasteiger partial charge is 0.257 e. The molecule has 0 unspecified atom stereocenters. The van der Waals surface area contributed by atoms with E-state index in [1.54, 1.807) is 53.4 Å². The van der Waals surface area contributed by atoms with E-state index < -0.39 is 5.91 Å². The van der Waals surface area contributed by atoms with Crippen molar-refractivity contribution in [2.45, 2.75) is 19.8 Å². The second kappa shape index (κ2) is 9.46. The molecule has 35 heavy (non-hydrogen) atoms. The number of hydrogen-bond donors (Lipinski definition) is 1. The number of hydrogen-bond acceptors (Lipinski definition) is 5. The molecular formula is C27H27N3O5. The van der Waals surface area contributed by atoms with Gasteiger partial charge in [0.1, 0.15) is 0 Å². The Kier molecular flexibility index (Phi) is 6.21. The molecule has 0 spiro atoms. The summed E-state index contributed by atoms with van der Waals surface area (Å²) in [5, 5.41) is 2.82. The third-order valence-corrected chi connectivity index (χ3v) is 6.90. The quantitative estimate of drug-likeness (QED) is 0.543. The highest BCUT2D eigenvalue weighted by molar-refractivity contribution is 6.25. The lowest BCUT2D eigenvalue weighted by atomic mass is 9.82. The first-order valence-electron chi connectivity index (χ1n) is 11.8. The molecule has 2 aromatic rings. The van der Waals surface area contributed by atoms with E-state index in [0.717, 1.165) is 5.57 Å². The van der Waals surface area contributed by atoms with Gasteiger partial charge in [-0.3, -0.25) is 19.2 Å². The number of allylic oxidation sites excluding steroid dienone is 2. The Balaban J connectivity index is 1.33. The Morgan fingerprint density at radius 2 is 1.63 bits per heavy atom. The Labute approximate surface area is 203 Å². The second-order valence-electron chi connectivity index (χ2n) is 9.17. The highest BCUT2D eigenvalue weighted by Gasteiger charge is 2.49. The molecular weight excluding hydrogens is 446 g/mol. The molecule has 1 aliphatic carbocycles. The first-order chi connectivity index (χ1) is 16.9. The molecule has 2 aromatic carbocycles. The van der Waals surface area contributed by atoms with E-state index >= 15 is 0 Å². The van der Waals surface area contributed by atoms with E-state index in [0.29, 0.717) is 56.1 Å². The minimum Gasteiger partial charge on any atom is -0.378 e. The zero-order chi connectivity index (χ0) is 24.5. The minimum absolute atomic E-state index is 0.0752. The predicted octanol–water partition coefficient (Wildman–Crippen LogP) is 3.26. The van der Waals surface area contributed by atoms with Gasteiger partial charge in [0.15, 0.2) is 0 Å². The van der Waals surface area contributed by atoms with Crippen molar-refractivity contribution >= 4 is 35.0 Å². The standard InChI is InChI=1S/C27H27N3O5/c1-17-6-11-20-22(16-17)27(34)30(26(20)33)23-5-3-2-4-21(23)24(31)28-19-9-7-18(8-10-19)25(32)29-12-14-35-15-13-29/h2-10,20,22H,11-16H2,1H3,(H,28,31)/t20-,22+/m1/s1. The predicted molar refractivity (Wildman–Crippen MR) is 130 cm³/mol. The van der Waals surface area contributed by atoms with Crippen LogP contribution in [0.3, 0.4) is 0 Å². The number of amides is 4. The number of nitrogens with zero attached hydrogens (tertiary/aromatic N) is 2. The number of para-hydroxylation sites is 1. The van der Waals surface area contributed by atoms with Crippen molar-refractivity contribution in [2.24, 2.45) is 11.8 Å². The number of carbonyl (C=O) groups excluding carboxylic acids is 4. The molecule has 8 nitrogen and oxygen atoms in total. The maximum absolute atomic E-state index is 13.2. The topological polar surface area (TPSA) is 96.0 Å². The van der Waals surface area contributed by atoms with Crippen LogP contribution in [0.5, 0.6) is 0 Å². The molecule has 0 aromatic heterocycles. The van der Waals surface area contributed by atoms with E-state index in [9.17, 15) is 19.2 Å². The van der Waals surface area contributed by atoms with Crippen LogP contribution in [-0.2, 0) is 14.3 Å². The van der Waals surface area contributed by atoms with Gasteiger partial charge in [-0.15, -0.1) is 0 Å². The van der Waals surface area contributed by atoms with E-state index in [1.807, 2.05) is 13.0 Å². The normalized spacial score (nSPS) is 22.0. The van der Waals surface area contributed by atoms with Crippen LogP contribution in [0.1, 0.15) is 40.5 Å². The molecule has 2 saturated heterocycles. The maximum atomic E-state index is 13.2. The number of fused-ring (bicyclic) bond motifs is 1. The molecule has 4 amide bonds. The van der Waals surface area contributed by atoms with Gasteiger partial charge >= 0.3 is 0 Å². The van der Waals surface area contributed by atoms with Gasteiger partial charge < -0.3 is 15.0 Å². The summed E-state index contributed by atoms with van der Waals surface area (Å²) < 4.78 is 5.29. The summed E-state index contributed by atoms with van der Waals surface area (Å²) in [5.41, 5.74) is 2.69. The van der Waals surface area contributed by atoms with Crippen molar-refractivity contribution in [1.82, 2.24) is 4.90 Å². The third-order valence-electron chi connectivity index (χ3n) is 6.90. The average molecular weight is 474 g/mol. The molecule has 2 heterocycles. The van der Waals surface area contributed by atoms with Crippen molar-refractivity contribution in [3.8, 4) is 0 Å². The Hall–Kier alpha value is -3.78. The number of nitrogens with one attached hydrogen (secondary N) is 1. The molecule has 3 aliphatic rings. The number of anilines is 2. The number of ether oxygens (including phenoxy) is 1. The fraction of sp³-hybridized carbons (Fsp3) is 0.333. The summed E-state index contributed by atoms with van der Waals surface area (Å²) in [6.07, 6.45) is 3.12. The molecule has 180 valence electrons. The molecule has 0 saturated carbocycles. The number of benzene rings is 2. The van der Waals surface area contributed by atoms with Crippen LogP contribution in [0.15, 0.2) is 60.2 Å². The highest BCUT2D eigenvalue weighted by Crippen LogP contribution is 2.40. The zero-order valence-electron chi connectivity index (χ0n) is 19.5. The van der Waals surface area contributed by atoms with Gasteiger partial charge in [0.2, 0.25) is 11.8 Å². The van der Waals surface area contributed by atoms with Crippen molar-refractivity contribution in [1.29, 1.82) is 0 Å². The van der Waals surface area contributed by atoms with Crippen LogP contribution in [0.25, 0.3) is 0 Å². The van der Waals surface area contributed by atoms with Crippen molar-refractivity contribution in [3.05, 3.63) is 71.3 Å². The highest BCUT2D eigenvalue weighted by atomic mass is 16.5. The van der Waals surface area contributed by atoms with Crippen LogP contribution in [0.4, 0.5) is 11.4 Å². The van der Waals surface area contributed by atoms with Crippen LogP contribution in [0.2, 0.25) is 0 Å². The number of imide groups is 1. The molecule has 2 aliphatic heterocycles. The number of morpholine rings is 1. The largest absolute Gasteiger partial charge is 0.378 e. The third kappa shape index (κ3) is 4.37. The van der Waals surface area contributed by atoms with Gasteiger partial charge in [0.25, 0.3) is 11.8 Å². The van der Waals surface area contributed by atoms with Crippen molar-refractivity contribution in [3.63, 3.8) is 0 Å². The van der Waals surface area contributed by atoms with Gasteiger partial charge in [-0.05, 0) is 56.2 Å². The first-order valence-corrected chi connectivity index (χ1v) is 11.8. The molecule has 2 atom stereocenters. The van der Waals surface area contributed by atoms with E-state index in [-0.39, 0.29) is 35.1 Å². The molecule has 0 radical (unpaired) electrons. The van der Waals surface area contributed by atoms with E-state index in [4.69, 9.17) is 4.74 Å². The fourth-order valence-electron chi connectivity index (χ4n) is 4.98. The first kappa shape index (κ1) is 23.0. The lowest BCUT2D eigenvalue weighted by Gasteiger charge is -2.26. The van der Waals surface area contributed by atoms with Crippen molar-refractivity contribution < 1.29 is 23.9 Å². The summed E-state index contributed by atoms with van der Waals surface area (Å²) in [4.78, 5) is 55.0. The van der Waals surface area contributed by atoms with Gasteiger partial charge in [0, 0.05) is 24.3 Å². The van der Waals surface area contributed by atoms with Crippen molar-refractivity contribution in [2.75, 3.05) is 36.5 Å². The molecule has 8 heteroatoms. The van der Waals surface area contributed by atoms with Crippen LogP contribution >= 0.6 is 0 Å². The van der Waals surface area contributed by atoms with Crippen LogP contribution < -0.4 is 10.2 Å². The molecule has 2 fully saturated rings. The molecule has 0 bridgehead atoms. The lowest BCUT2D eigenvalue weighted by molar-refractivity contribution is -0.122. The maximum Gasteiger partial charge on any atom is 0.257 e. The lowest BCUT2D eigenvalue weighted by Crippen LogP contribution is -2.40. The summed E-state index contributed by atoms with van der Waals surface area (Å²) in [5.74, 6) is -1.76. The van der Waals surface area contributed by atoms with Gasteiger partial charge in [-0.1, -0.05) is 23.8 Å². The summed E-state index contributed by atoms with van der Waals surface area (Å²) >= 11 is 0. The SMILES string of the molecule is CC1=CC[C@H]2C(=O)N(c3ccccc3C(=O)Nc3ccc(C(=O)N4CCOCC4)cc3)C(=O)[C@H]2C1. The Bertz CT molecular complexity index is 1210. The van der Waals surface area contributed by atoms with Crippen LogP contribution in [-0.4, -0.2) is 54.8 Å². The number of carbonyl (C=O) groups is 4. The second-order valence-corrected chi connectivity index (χ2v) is 9.17. The van der Waals surface area contributed by atoms with Gasteiger partial charge in [0.05, 0.1) is 36.3 Å². The Morgan fingerprint density at radius 1 is 0.943 bits per heavy atom. The monoisotopic (exact) mass is 473 g/mol. The number of rotatable bonds is 4. The fourth-order valence-corrected chi connectivity index (χ4v) is 4.98. The molecule has 1 N–H and O–H groups in total. The van der Waals surface area contributed by atoms with E-state index in [2.05, 4.69) is 5.32 Å². The zero-order valence-corrected chi connectivity index (χ0v) is 19.5. The molecule has 5 rings (SSSR count). The van der Waals surface area contributed by atoms with Crippen LogP contribution in [0, 0.1) is 11.8 Å². The summed E-state index contributed by atoms with van der Waals surface area (Å²) in [7, 11) is 0. The summed E-state index contributed by atoms with van der Waals surface area (Å²) in [6.45, 7) is 4.13. The summed E-state index contributed by atoms with van der Waals surface area (Å²) in [6, 6.07) is 13.3. The van der Waals surface area contributed by atoms with E-state index in [1.165, 1.54) is 4.90 Å².